The first kappa shape index (κ1) is 15.1. The molecule has 1 aromatic heterocycles. The van der Waals surface area contributed by atoms with Gasteiger partial charge in [-0.2, -0.15) is 18.3 Å². The molecule has 7 heteroatoms. The summed E-state index contributed by atoms with van der Waals surface area (Å²) in [5, 5.41) is 13.3. The van der Waals surface area contributed by atoms with E-state index in [1.54, 1.807) is 0 Å². The molecule has 0 saturated heterocycles. The van der Waals surface area contributed by atoms with E-state index in [0.717, 1.165) is 12.1 Å². The predicted octanol–water partition coefficient (Wildman–Crippen LogP) is 3.85. The van der Waals surface area contributed by atoms with Gasteiger partial charge in [0.05, 0.1) is 5.56 Å². The summed E-state index contributed by atoms with van der Waals surface area (Å²) < 4.78 is 39.0. The van der Waals surface area contributed by atoms with Gasteiger partial charge >= 0.3 is 12.1 Å². The maximum Gasteiger partial charge on any atom is 0.416 e. The SMILES string of the molecule is CC(C)n1cc(C(=O)O)c(-c2ccc(C(F)(F)F)cc2)n1. The highest BCUT2D eigenvalue weighted by atomic mass is 19.4. The lowest BCUT2D eigenvalue weighted by Gasteiger charge is -2.07. The number of rotatable bonds is 3. The normalized spacial score (nSPS) is 11.9. The zero-order valence-corrected chi connectivity index (χ0v) is 11.3. The molecule has 0 amide bonds. The summed E-state index contributed by atoms with van der Waals surface area (Å²) >= 11 is 0. The monoisotopic (exact) mass is 298 g/mol. The molecule has 1 N–H and O–H groups in total. The molecule has 21 heavy (non-hydrogen) atoms. The lowest BCUT2D eigenvalue weighted by Crippen LogP contribution is -2.04. The lowest BCUT2D eigenvalue weighted by atomic mass is 10.1. The van der Waals surface area contributed by atoms with E-state index < -0.39 is 17.7 Å². The molecule has 2 aromatic rings. The van der Waals surface area contributed by atoms with Gasteiger partial charge < -0.3 is 5.11 Å². The second-order valence-electron chi connectivity index (χ2n) is 4.85. The molecule has 0 atom stereocenters. The van der Waals surface area contributed by atoms with Crippen LogP contribution in [-0.4, -0.2) is 20.9 Å². The third-order valence-corrected chi connectivity index (χ3v) is 2.98. The number of carboxylic acids is 1. The first-order valence-electron chi connectivity index (χ1n) is 6.20. The van der Waals surface area contributed by atoms with Gasteiger partial charge in [0.1, 0.15) is 11.3 Å². The van der Waals surface area contributed by atoms with Crippen molar-refractivity contribution in [3.8, 4) is 11.3 Å². The summed E-state index contributed by atoms with van der Waals surface area (Å²) in [5.41, 5.74) is -0.334. The van der Waals surface area contributed by atoms with Crippen LogP contribution in [-0.2, 0) is 6.18 Å². The number of aromatic carboxylic acids is 1. The van der Waals surface area contributed by atoms with Crippen LogP contribution in [0.5, 0.6) is 0 Å². The molecule has 1 heterocycles. The number of aromatic nitrogens is 2. The Bertz CT molecular complexity index is 658. The summed E-state index contributed by atoms with van der Waals surface area (Å²) in [6, 6.07) is 4.22. The number of halogens is 3. The molecule has 0 aliphatic rings. The van der Waals surface area contributed by atoms with E-state index in [0.29, 0.717) is 5.56 Å². The highest BCUT2D eigenvalue weighted by molar-refractivity contribution is 5.94. The maximum absolute atomic E-state index is 12.5. The van der Waals surface area contributed by atoms with E-state index in [9.17, 15) is 23.1 Å². The topological polar surface area (TPSA) is 55.1 Å². The number of alkyl halides is 3. The highest BCUT2D eigenvalue weighted by Gasteiger charge is 2.30. The van der Waals surface area contributed by atoms with Crippen LogP contribution in [0, 0.1) is 0 Å². The van der Waals surface area contributed by atoms with Gasteiger partial charge in [-0.25, -0.2) is 4.79 Å². The van der Waals surface area contributed by atoms with Gasteiger partial charge in [-0.05, 0) is 26.0 Å². The second-order valence-corrected chi connectivity index (χ2v) is 4.85. The van der Waals surface area contributed by atoms with Gasteiger partial charge in [-0.3, -0.25) is 4.68 Å². The Balaban J connectivity index is 2.48. The summed E-state index contributed by atoms with van der Waals surface area (Å²) in [7, 11) is 0. The molecule has 2 rings (SSSR count). The van der Waals surface area contributed by atoms with Crippen LogP contribution in [0.4, 0.5) is 13.2 Å². The van der Waals surface area contributed by atoms with Gasteiger partial charge in [0.15, 0.2) is 0 Å². The summed E-state index contributed by atoms with van der Waals surface area (Å²) in [4.78, 5) is 11.2. The zero-order valence-electron chi connectivity index (χ0n) is 11.3. The second kappa shape index (κ2) is 5.23. The van der Waals surface area contributed by atoms with Crippen LogP contribution < -0.4 is 0 Å². The molecule has 112 valence electrons. The van der Waals surface area contributed by atoms with Crippen molar-refractivity contribution < 1.29 is 23.1 Å². The van der Waals surface area contributed by atoms with Gasteiger partial charge in [0, 0.05) is 17.8 Å². The van der Waals surface area contributed by atoms with Crippen molar-refractivity contribution in [3.05, 3.63) is 41.6 Å². The molecule has 0 unspecified atom stereocenters. The predicted molar refractivity (Wildman–Crippen MR) is 70.0 cm³/mol. The van der Waals surface area contributed by atoms with E-state index in [1.807, 2.05) is 13.8 Å². The molecular weight excluding hydrogens is 285 g/mol. The van der Waals surface area contributed by atoms with E-state index in [-0.39, 0.29) is 17.3 Å². The quantitative estimate of drug-likeness (QED) is 0.936. The molecular formula is C14H13F3N2O2. The largest absolute Gasteiger partial charge is 0.478 e. The van der Waals surface area contributed by atoms with Crippen LogP contribution in [0.1, 0.15) is 35.8 Å². The molecule has 4 nitrogen and oxygen atoms in total. The Labute approximate surface area is 118 Å². The van der Waals surface area contributed by atoms with Gasteiger partial charge in [0.25, 0.3) is 0 Å². The minimum Gasteiger partial charge on any atom is -0.478 e. The molecule has 0 aliphatic heterocycles. The van der Waals surface area contributed by atoms with Crippen LogP contribution >= 0.6 is 0 Å². The van der Waals surface area contributed by atoms with E-state index in [1.165, 1.54) is 23.0 Å². The average molecular weight is 298 g/mol. The van der Waals surface area contributed by atoms with E-state index in [2.05, 4.69) is 5.10 Å². The highest BCUT2D eigenvalue weighted by Crippen LogP contribution is 2.31. The van der Waals surface area contributed by atoms with E-state index in [4.69, 9.17) is 0 Å². The lowest BCUT2D eigenvalue weighted by molar-refractivity contribution is -0.137. The number of nitrogens with zero attached hydrogens (tertiary/aromatic N) is 2. The number of carbonyl (C=O) groups is 1. The number of hydrogen-bond donors (Lipinski definition) is 1. The standard InChI is InChI=1S/C14H13F3N2O2/c1-8(2)19-7-11(13(20)21)12(18-19)9-3-5-10(6-4-9)14(15,16)17/h3-8H,1-2H3,(H,20,21). The number of carboxylic acid groups (broad SMARTS) is 1. The Morgan fingerprint density at radius 2 is 1.81 bits per heavy atom. The van der Waals surface area contributed by atoms with Crippen molar-refractivity contribution >= 4 is 5.97 Å². The average Bonchev–Trinajstić information content (AvgIpc) is 2.83. The van der Waals surface area contributed by atoms with Crippen molar-refractivity contribution in [3.63, 3.8) is 0 Å². The van der Waals surface area contributed by atoms with Crippen molar-refractivity contribution in [1.82, 2.24) is 9.78 Å². The van der Waals surface area contributed by atoms with Crippen molar-refractivity contribution in [2.45, 2.75) is 26.1 Å². The number of benzene rings is 1. The first-order chi connectivity index (χ1) is 9.70. The van der Waals surface area contributed by atoms with Crippen molar-refractivity contribution in [2.24, 2.45) is 0 Å². The van der Waals surface area contributed by atoms with Gasteiger partial charge in [0.2, 0.25) is 0 Å². The van der Waals surface area contributed by atoms with Crippen molar-refractivity contribution in [2.75, 3.05) is 0 Å². The number of hydrogen-bond acceptors (Lipinski definition) is 2. The van der Waals surface area contributed by atoms with Gasteiger partial charge in [-0.15, -0.1) is 0 Å². The Kier molecular flexibility index (Phi) is 3.76. The molecule has 1 aromatic carbocycles. The molecule has 0 saturated carbocycles. The maximum atomic E-state index is 12.5. The Hall–Kier alpha value is -2.31. The fraction of sp³-hybridized carbons (Fsp3) is 0.286. The van der Waals surface area contributed by atoms with E-state index >= 15 is 0 Å². The molecule has 0 aliphatic carbocycles. The molecule has 0 spiro atoms. The minimum absolute atomic E-state index is 0.0385. The Morgan fingerprint density at radius 3 is 2.24 bits per heavy atom. The summed E-state index contributed by atoms with van der Waals surface area (Å²) in [6.07, 6.45) is -3.05. The summed E-state index contributed by atoms with van der Waals surface area (Å²) in [6.45, 7) is 3.66. The zero-order chi connectivity index (χ0) is 15.8. The van der Waals surface area contributed by atoms with Crippen LogP contribution in [0.25, 0.3) is 11.3 Å². The third-order valence-electron chi connectivity index (χ3n) is 2.98. The fourth-order valence-corrected chi connectivity index (χ4v) is 1.84. The van der Waals surface area contributed by atoms with Crippen LogP contribution in [0.15, 0.2) is 30.5 Å². The third kappa shape index (κ3) is 3.07. The Morgan fingerprint density at radius 1 is 1.24 bits per heavy atom. The fourth-order valence-electron chi connectivity index (χ4n) is 1.84. The molecule has 0 bridgehead atoms. The van der Waals surface area contributed by atoms with Crippen LogP contribution in [0.3, 0.4) is 0 Å². The first-order valence-corrected chi connectivity index (χ1v) is 6.20. The van der Waals surface area contributed by atoms with Crippen LogP contribution in [0.2, 0.25) is 0 Å². The minimum atomic E-state index is -4.43. The smallest absolute Gasteiger partial charge is 0.416 e. The summed E-state index contributed by atoms with van der Waals surface area (Å²) in [5.74, 6) is -1.17. The molecule has 0 radical (unpaired) electrons. The molecule has 0 fully saturated rings. The van der Waals surface area contributed by atoms with Gasteiger partial charge in [-0.1, -0.05) is 12.1 Å². The van der Waals surface area contributed by atoms with Crippen molar-refractivity contribution in [1.29, 1.82) is 0 Å².